The van der Waals surface area contributed by atoms with Gasteiger partial charge in [-0.1, -0.05) is 23.7 Å². The molecular weight excluding hydrogens is 408 g/mol. The molecule has 0 aliphatic rings. The molecule has 0 aliphatic heterocycles. The molecule has 3 aromatic rings. The molecule has 1 aromatic carbocycles. The SMILES string of the molecule is CN(CC(=O)NCc1ccc(-n2cccn2)cc1)S(=O)(=O)c1ccc(Cl)s1. The van der Waals surface area contributed by atoms with Crippen molar-refractivity contribution in [1.29, 1.82) is 0 Å². The van der Waals surface area contributed by atoms with Crippen molar-refractivity contribution in [3.63, 3.8) is 0 Å². The second kappa shape index (κ2) is 8.22. The number of hydrogen-bond donors (Lipinski definition) is 1. The zero-order chi connectivity index (χ0) is 19.4. The van der Waals surface area contributed by atoms with Gasteiger partial charge in [0.2, 0.25) is 5.91 Å². The molecule has 0 saturated carbocycles. The normalized spacial score (nSPS) is 11.7. The molecule has 3 rings (SSSR count). The van der Waals surface area contributed by atoms with Gasteiger partial charge in [0, 0.05) is 26.0 Å². The molecule has 2 heterocycles. The second-order valence-corrected chi connectivity index (χ2v) is 9.70. The zero-order valence-corrected chi connectivity index (χ0v) is 16.8. The van der Waals surface area contributed by atoms with E-state index in [1.165, 1.54) is 19.2 Å². The van der Waals surface area contributed by atoms with Crippen LogP contribution in [0.4, 0.5) is 0 Å². The minimum Gasteiger partial charge on any atom is -0.351 e. The molecule has 0 aliphatic carbocycles. The molecule has 0 fully saturated rings. The number of aromatic nitrogens is 2. The summed E-state index contributed by atoms with van der Waals surface area (Å²) >= 11 is 6.75. The van der Waals surface area contributed by atoms with Crippen molar-refractivity contribution in [2.45, 2.75) is 10.8 Å². The number of thiophene rings is 1. The highest BCUT2D eigenvalue weighted by Crippen LogP contribution is 2.27. The molecule has 0 saturated heterocycles. The van der Waals surface area contributed by atoms with E-state index >= 15 is 0 Å². The number of halogens is 1. The van der Waals surface area contributed by atoms with Crippen LogP contribution in [0.25, 0.3) is 5.69 Å². The van der Waals surface area contributed by atoms with Gasteiger partial charge in [0.15, 0.2) is 0 Å². The fraction of sp³-hybridized carbons (Fsp3) is 0.176. The smallest absolute Gasteiger partial charge is 0.252 e. The third-order valence-electron chi connectivity index (χ3n) is 3.77. The minimum atomic E-state index is -3.73. The number of nitrogens with zero attached hydrogens (tertiary/aromatic N) is 3. The molecule has 10 heteroatoms. The average Bonchev–Trinajstić information content (AvgIpc) is 3.32. The Bertz CT molecular complexity index is 1010. The third-order valence-corrected chi connectivity index (χ3v) is 7.28. The van der Waals surface area contributed by atoms with Gasteiger partial charge in [-0.15, -0.1) is 11.3 Å². The predicted molar refractivity (Wildman–Crippen MR) is 105 cm³/mol. The first kappa shape index (κ1) is 19.6. The maximum absolute atomic E-state index is 12.4. The summed E-state index contributed by atoms with van der Waals surface area (Å²) in [6.07, 6.45) is 3.54. The number of carbonyl (C=O) groups excluding carboxylic acids is 1. The van der Waals surface area contributed by atoms with E-state index in [-0.39, 0.29) is 16.7 Å². The molecule has 7 nitrogen and oxygen atoms in total. The summed E-state index contributed by atoms with van der Waals surface area (Å²) < 4.78 is 28.0. The van der Waals surface area contributed by atoms with Gasteiger partial charge in [0.05, 0.1) is 16.6 Å². The molecule has 0 spiro atoms. The lowest BCUT2D eigenvalue weighted by molar-refractivity contribution is -0.121. The molecule has 27 heavy (non-hydrogen) atoms. The maximum atomic E-state index is 12.4. The summed E-state index contributed by atoms with van der Waals surface area (Å²) in [5, 5.41) is 6.87. The Balaban J connectivity index is 1.55. The highest BCUT2D eigenvalue weighted by molar-refractivity contribution is 7.91. The summed E-state index contributed by atoms with van der Waals surface area (Å²) in [7, 11) is -2.37. The van der Waals surface area contributed by atoms with Gasteiger partial charge in [0.1, 0.15) is 4.21 Å². The van der Waals surface area contributed by atoms with Crippen LogP contribution in [-0.4, -0.2) is 42.0 Å². The van der Waals surface area contributed by atoms with Gasteiger partial charge in [-0.25, -0.2) is 13.1 Å². The lowest BCUT2D eigenvalue weighted by Gasteiger charge is -2.15. The molecule has 2 aromatic heterocycles. The first-order chi connectivity index (χ1) is 12.9. The number of amides is 1. The Morgan fingerprint density at radius 1 is 1.26 bits per heavy atom. The van der Waals surface area contributed by atoms with Crippen LogP contribution in [0.5, 0.6) is 0 Å². The van der Waals surface area contributed by atoms with E-state index in [4.69, 9.17) is 11.6 Å². The van der Waals surface area contributed by atoms with Crippen LogP contribution in [0.3, 0.4) is 0 Å². The van der Waals surface area contributed by atoms with Crippen LogP contribution in [-0.2, 0) is 21.4 Å². The van der Waals surface area contributed by atoms with Gasteiger partial charge >= 0.3 is 0 Å². The van der Waals surface area contributed by atoms with Crippen LogP contribution in [0.2, 0.25) is 4.34 Å². The Labute approximate surface area is 166 Å². The summed E-state index contributed by atoms with van der Waals surface area (Å²) in [5.74, 6) is -0.389. The largest absolute Gasteiger partial charge is 0.351 e. The summed E-state index contributed by atoms with van der Waals surface area (Å²) in [6, 6.07) is 12.3. The highest BCUT2D eigenvalue weighted by atomic mass is 35.5. The number of nitrogens with one attached hydrogen (secondary N) is 1. The van der Waals surface area contributed by atoms with E-state index in [0.29, 0.717) is 10.9 Å². The molecule has 0 bridgehead atoms. The predicted octanol–water partition coefficient (Wildman–Crippen LogP) is 2.52. The minimum absolute atomic E-state index is 0.108. The van der Waals surface area contributed by atoms with Crippen molar-refractivity contribution in [3.05, 3.63) is 64.8 Å². The second-order valence-electron chi connectivity index (χ2n) is 5.71. The molecule has 1 amide bonds. The third kappa shape index (κ3) is 4.75. The quantitative estimate of drug-likeness (QED) is 0.631. The van der Waals surface area contributed by atoms with Gasteiger partial charge < -0.3 is 5.32 Å². The molecule has 0 unspecified atom stereocenters. The fourth-order valence-corrected chi connectivity index (χ4v) is 5.14. The number of carbonyl (C=O) groups is 1. The summed E-state index contributed by atoms with van der Waals surface area (Å²) in [5.41, 5.74) is 1.81. The van der Waals surface area contributed by atoms with E-state index in [0.717, 1.165) is 26.9 Å². The van der Waals surface area contributed by atoms with E-state index in [2.05, 4.69) is 10.4 Å². The van der Waals surface area contributed by atoms with Gasteiger partial charge in [-0.2, -0.15) is 9.40 Å². The highest BCUT2D eigenvalue weighted by Gasteiger charge is 2.24. The average molecular weight is 425 g/mol. The van der Waals surface area contributed by atoms with Crippen LogP contribution in [0.1, 0.15) is 5.56 Å². The maximum Gasteiger partial charge on any atom is 0.252 e. The topological polar surface area (TPSA) is 84.3 Å². The summed E-state index contributed by atoms with van der Waals surface area (Å²) in [4.78, 5) is 12.1. The first-order valence-electron chi connectivity index (χ1n) is 7.93. The number of sulfonamides is 1. The first-order valence-corrected chi connectivity index (χ1v) is 10.6. The Hall–Kier alpha value is -2.20. The van der Waals surface area contributed by atoms with Gasteiger partial charge in [-0.3, -0.25) is 4.79 Å². The van der Waals surface area contributed by atoms with Crippen molar-refractivity contribution < 1.29 is 13.2 Å². The van der Waals surface area contributed by atoms with Crippen molar-refractivity contribution in [2.24, 2.45) is 0 Å². The van der Waals surface area contributed by atoms with Crippen molar-refractivity contribution in [1.82, 2.24) is 19.4 Å². The lowest BCUT2D eigenvalue weighted by atomic mass is 10.2. The number of benzene rings is 1. The van der Waals surface area contributed by atoms with Crippen LogP contribution in [0, 0.1) is 0 Å². The van der Waals surface area contributed by atoms with E-state index in [1.54, 1.807) is 10.9 Å². The zero-order valence-electron chi connectivity index (χ0n) is 14.4. The molecule has 142 valence electrons. The van der Waals surface area contributed by atoms with Crippen molar-refractivity contribution in [2.75, 3.05) is 13.6 Å². The van der Waals surface area contributed by atoms with E-state index in [1.807, 2.05) is 36.5 Å². The van der Waals surface area contributed by atoms with Gasteiger partial charge in [0.25, 0.3) is 10.0 Å². The standard InChI is InChI=1S/C17H17ClN4O3S2/c1-21(27(24,25)17-8-7-15(18)26-17)12-16(23)19-11-13-3-5-14(6-4-13)22-10-2-9-20-22/h2-10H,11-12H2,1H3,(H,19,23). The molecular formula is C17H17ClN4O3S2. The van der Waals surface area contributed by atoms with Gasteiger partial charge in [-0.05, 0) is 35.9 Å². The Kier molecular flexibility index (Phi) is 5.95. The number of likely N-dealkylation sites (N-methyl/N-ethyl adjacent to an activating group) is 1. The Morgan fingerprint density at radius 2 is 2.00 bits per heavy atom. The number of hydrogen-bond acceptors (Lipinski definition) is 5. The molecule has 0 atom stereocenters. The van der Waals surface area contributed by atoms with Crippen molar-refractivity contribution >= 4 is 38.9 Å². The van der Waals surface area contributed by atoms with E-state index < -0.39 is 10.0 Å². The van der Waals surface area contributed by atoms with E-state index in [9.17, 15) is 13.2 Å². The monoisotopic (exact) mass is 424 g/mol. The molecule has 1 N–H and O–H groups in total. The lowest BCUT2D eigenvalue weighted by Crippen LogP contribution is -2.37. The van der Waals surface area contributed by atoms with Crippen LogP contribution >= 0.6 is 22.9 Å². The molecule has 0 radical (unpaired) electrons. The van der Waals surface area contributed by atoms with Crippen LogP contribution in [0.15, 0.2) is 59.1 Å². The Morgan fingerprint density at radius 3 is 2.59 bits per heavy atom. The summed E-state index contributed by atoms with van der Waals surface area (Å²) in [6.45, 7) is 0.0279. The van der Waals surface area contributed by atoms with Crippen molar-refractivity contribution in [3.8, 4) is 5.69 Å². The fourth-order valence-electron chi connectivity index (χ4n) is 2.32. The number of rotatable bonds is 7. The van der Waals surface area contributed by atoms with Crippen LogP contribution < -0.4 is 5.32 Å².